The summed E-state index contributed by atoms with van der Waals surface area (Å²) in [5.74, 6) is 2.49. The van der Waals surface area contributed by atoms with Gasteiger partial charge in [0.2, 0.25) is 0 Å². The zero-order valence-corrected chi connectivity index (χ0v) is 15.6. The first-order chi connectivity index (χ1) is 11.6. The molecule has 0 radical (unpaired) electrons. The van der Waals surface area contributed by atoms with Gasteiger partial charge in [0.1, 0.15) is 17.3 Å². The van der Waals surface area contributed by atoms with Gasteiger partial charge in [-0.25, -0.2) is 9.67 Å². The second-order valence-corrected chi connectivity index (χ2v) is 7.33. The molecule has 0 saturated heterocycles. The van der Waals surface area contributed by atoms with Gasteiger partial charge in [0.25, 0.3) is 0 Å². The van der Waals surface area contributed by atoms with Crippen molar-refractivity contribution in [3.05, 3.63) is 50.5 Å². The molecule has 24 heavy (non-hydrogen) atoms. The van der Waals surface area contributed by atoms with Crippen molar-refractivity contribution >= 4 is 27.5 Å². The molecule has 2 aromatic heterocycles. The average Bonchev–Trinajstić information content (AvgIpc) is 3.12. The summed E-state index contributed by atoms with van der Waals surface area (Å²) in [6.07, 6.45) is 4.39. The SMILES string of the molecule is Cc1nc(-c2ccc(Br)cc2Cl)nn1Cc1noc2c1CCCC2. The summed E-state index contributed by atoms with van der Waals surface area (Å²) in [7, 11) is 0. The molecule has 5 nitrogen and oxygen atoms in total. The Morgan fingerprint density at radius 1 is 1.29 bits per heavy atom. The highest BCUT2D eigenvalue weighted by molar-refractivity contribution is 9.10. The van der Waals surface area contributed by atoms with Crippen molar-refractivity contribution in [2.24, 2.45) is 0 Å². The fourth-order valence-corrected chi connectivity index (χ4v) is 3.83. The molecule has 3 aromatic rings. The van der Waals surface area contributed by atoms with Crippen LogP contribution in [0.15, 0.2) is 27.2 Å². The highest BCUT2D eigenvalue weighted by Gasteiger charge is 2.21. The minimum absolute atomic E-state index is 0.575. The second kappa shape index (κ2) is 6.33. The van der Waals surface area contributed by atoms with Crippen LogP contribution in [0.2, 0.25) is 5.02 Å². The summed E-state index contributed by atoms with van der Waals surface area (Å²) in [6.45, 7) is 2.52. The predicted octanol–water partition coefficient (Wildman–Crippen LogP) is 4.58. The third-order valence-electron chi connectivity index (χ3n) is 4.36. The number of aromatic nitrogens is 4. The molecule has 0 unspecified atom stereocenters. The Kier molecular flexibility index (Phi) is 4.18. The molecule has 0 spiro atoms. The van der Waals surface area contributed by atoms with E-state index in [9.17, 15) is 0 Å². The monoisotopic (exact) mass is 406 g/mol. The Bertz CT molecular complexity index is 902. The topological polar surface area (TPSA) is 56.7 Å². The quantitative estimate of drug-likeness (QED) is 0.637. The summed E-state index contributed by atoms with van der Waals surface area (Å²) >= 11 is 9.73. The van der Waals surface area contributed by atoms with Crippen LogP contribution in [0.3, 0.4) is 0 Å². The number of hydrogen-bond acceptors (Lipinski definition) is 4. The van der Waals surface area contributed by atoms with Crippen molar-refractivity contribution in [2.75, 3.05) is 0 Å². The van der Waals surface area contributed by atoms with E-state index in [1.165, 1.54) is 18.4 Å². The lowest BCUT2D eigenvalue weighted by Crippen LogP contribution is -2.08. The normalized spacial score (nSPS) is 14.0. The molecule has 0 fully saturated rings. The minimum Gasteiger partial charge on any atom is -0.361 e. The summed E-state index contributed by atoms with van der Waals surface area (Å²) < 4.78 is 8.28. The molecule has 0 bridgehead atoms. The van der Waals surface area contributed by atoms with Gasteiger partial charge in [-0.2, -0.15) is 5.10 Å². The highest BCUT2D eigenvalue weighted by atomic mass is 79.9. The van der Waals surface area contributed by atoms with E-state index < -0.39 is 0 Å². The zero-order valence-electron chi connectivity index (χ0n) is 13.2. The van der Waals surface area contributed by atoms with Crippen LogP contribution in [0.25, 0.3) is 11.4 Å². The van der Waals surface area contributed by atoms with Gasteiger partial charge < -0.3 is 4.52 Å². The maximum Gasteiger partial charge on any atom is 0.182 e. The molecule has 7 heteroatoms. The molecule has 0 aliphatic heterocycles. The molecule has 2 heterocycles. The maximum absolute atomic E-state index is 6.32. The minimum atomic E-state index is 0.575. The van der Waals surface area contributed by atoms with Crippen molar-refractivity contribution in [1.29, 1.82) is 0 Å². The van der Waals surface area contributed by atoms with Gasteiger partial charge in [-0.15, -0.1) is 0 Å². The van der Waals surface area contributed by atoms with Crippen LogP contribution in [-0.4, -0.2) is 19.9 Å². The lowest BCUT2D eigenvalue weighted by Gasteiger charge is -2.09. The highest BCUT2D eigenvalue weighted by Crippen LogP contribution is 2.29. The Morgan fingerprint density at radius 3 is 2.96 bits per heavy atom. The van der Waals surface area contributed by atoms with E-state index in [2.05, 4.69) is 31.2 Å². The van der Waals surface area contributed by atoms with Crippen LogP contribution < -0.4 is 0 Å². The Morgan fingerprint density at radius 2 is 2.12 bits per heavy atom. The van der Waals surface area contributed by atoms with Crippen LogP contribution in [0, 0.1) is 6.92 Å². The van der Waals surface area contributed by atoms with Crippen LogP contribution in [0.1, 0.15) is 35.7 Å². The van der Waals surface area contributed by atoms with Gasteiger partial charge in [-0.05, 0) is 44.4 Å². The molecule has 1 aliphatic carbocycles. The summed E-state index contributed by atoms with van der Waals surface area (Å²) in [6, 6.07) is 5.70. The predicted molar refractivity (Wildman–Crippen MR) is 95.2 cm³/mol. The third-order valence-corrected chi connectivity index (χ3v) is 5.17. The lowest BCUT2D eigenvalue weighted by atomic mass is 9.96. The van der Waals surface area contributed by atoms with E-state index in [-0.39, 0.29) is 0 Å². The van der Waals surface area contributed by atoms with E-state index in [0.717, 1.165) is 40.2 Å². The second-order valence-electron chi connectivity index (χ2n) is 6.00. The molecule has 0 amide bonds. The summed E-state index contributed by atoms with van der Waals surface area (Å²) in [5, 5.41) is 9.49. The first-order valence-electron chi connectivity index (χ1n) is 7.95. The van der Waals surface area contributed by atoms with E-state index in [1.54, 1.807) is 0 Å². The molecule has 1 aromatic carbocycles. The van der Waals surface area contributed by atoms with Gasteiger partial charge in [-0.3, -0.25) is 0 Å². The first kappa shape index (κ1) is 15.8. The molecule has 4 rings (SSSR count). The molecule has 1 aliphatic rings. The number of halogens is 2. The van der Waals surface area contributed by atoms with E-state index in [1.807, 2.05) is 29.8 Å². The third kappa shape index (κ3) is 2.89. The lowest BCUT2D eigenvalue weighted by molar-refractivity contribution is 0.366. The Labute approximate surface area is 153 Å². The van der Waals surface area contributed by atoms with Crippen LogP contribution in [-0.2, 0) is 19.4 Å². The first-order valence-corrected chi connectivity index (χ1v) is 9.12. The number of nitrogens with zero attached hydrogens (tertiary/aromatic N) is 4. The number of aryl methyl sites for hydroxylation is 2. The fraction of sp³-hybridized carbons (Fsp3) is 0.353. The molecular weight excluding hydrogens is 392 g/mol. The zero-order chi connectivity index (χ0) is 16.7. The number of fused-ring (bicyclic) bond motifs is 1. The largest absolute Gasteiger partial charge is 0.361 e. The molecular formula is C17H16BrClN4O. The van der Waals surface area contributed by atoms with Crippen LogP contribution >= 0.6 is 27.5 Å². The van der Waals surface area contributed by atoms with Crippen LogP contribution in [0.4, 0.5) is 0 Å². The number of benzene rings is 1. The number of rotatable bonds is 3. The van der Waals surface area contributed by atoms with Crippen molar-refractivity contribution in [3.63, 3.8) is 0 Å². The Hall–Kier alpha value is -1.66. The molecule has 0 atom stereocenters. The van der Waals surface area contributed by atoms with E-state index in [4.69, 9.17) is 16.1 Å². The van der Waals surface area contributed by atoms with E-state index in [0.29, 0.717) is 17.4 Å². The number of hydrogen-bond donors (Lipinski definition) is 0. The van der Waals surface area contributed by atoms with Gasteiger partial charge in [-0.1, -0.05) is 32.7 Å². The Balaban J connectivity index is 1.65. The molecule has 124 valence electrons. The average molecular weight is 408 g/mol. The molecule has 0 saturated carbocycles. The molecule has 0 N–H and O–H groups in total. The smallest absolute Gasteiger partial charge is 0.182 e. The van der Waals surface area contributed by atoms with Crippen molar-refractivity contribution in [3.8, 4) is 11.4 Å². The van der Waals surface area contributed by atoms with Crippen molar-refractivity contribution < 1.29 is 4.52 Å². The van der Waals surface area contributed by atoms with Crippen molar-refractivity contribution in [1.82, 2.24) is 19.9 Å². The van der Waals surface area contributed by atoms with Gasteiger partial charge in [0.15, 0.2) is 5.82 Å². The fourth-order valence-electron chi connectivity index (χ4n) is 3.07. The maximum atomic E-state index is 6.32. The van der Waals surface area contributed by atoms with Crippen molar-refractivity contribution in [2.45, 2.75) is 39.2 Å². The van der Waals surface area contributed by atoms with Crippen LogP contribution in [0.5, 0.6) is 0 Å². The van der Waals surface area contributed by atoms with Gasteiger partial charge in [0.05, 0.1) is 11.6 Å². The van der Waals surface area contributed by atoms with Gasteiger partial charge in [0, 0.05) is 22.0 Å². The van der Waals surface area contributed by atoms with Gasteiger partial charge >= 0.3 is 0 Å². The standard InChI is InChI=1S/C17H16BrClN4O/c1-10-20-17(12-7-6-11(18)8-14(12)19)21-23(10)9-15-13-4-2-3-5-16(13)24-22-15/h6-8H,2-5,9H2,1H3. The summed E-state index contributed by atoms with van der Waals surface area (Å²) in [5.41, 5.74) is 3.04. The van der Waals surface area contributed by atoms with E-state index >= 15 is 0 Å². The summed E-state index contributed by atoms with van der Waals surface area (Å²) in [4.78, 5) is 4.56.